The Morgan fingerprint density at radius 2 is 1.80 bits per heavy atom. The number of ether oxygens (including phenoxy) is 1. The van der Waals surface area contributed by atoms with Crippen LogP contribution >= 0.6 is 11.6 Å². The predicted molar refractivity (Wildman–Crippen MR) is 70.1 cm³/mol. The van der Waals surface area contributed by atoms with Gasteiger partial charge in [0, 0.05) is 5.50 Å². The number of halogens is 1. The molecule has 1 nitrogen and oxygen atoms in total. The first-order valence-corrected chi connectivity index (χ1v) is 9.13. The molecule has 0 N–H and O–H groups in total. The first kappa shape index (κ1) is 12.6. The highest BCUT2D eigenvalue weighted by atomic mass is 35.5. The Morgan fingerprint density at radius 1 is 1.20 bits per heavy atom. The Kier molecular flexibility index (Phi) is 4.67. The van der Waals surface area contributed by atoms with Gasteiger partial charge >= 0.3 is 0 Å². The molecule has 0 aromatic heterocycles. The topological polar surface area (TPSA) is 9.23 Å². The van der Waals surface area contributed by atoms with Crippen LogP contribution in [0, 0.1) is 0 Å². The fourth-order valence-corrected chi connectivity index (χ4v) is 2.99. The molecule has 1 rings (SSSR count). The van der Waals surface area contributed by atoms with Crippen molar-refractivity contribution in [3.8, 4) is 5.75 Å². The highest BCUT2D eigenvalue weighted by Crippen LogP contribution is 2.12. The molecule has 0 amide bonds. The summed E-state index contributed by atoms with van der Waals surface area (Å²) in [6.07, 6.45) is 1.05. The van der Waals surface area contributed by atoms with Crippen LogP contribution in [0.5, 0.6) is 5.75 Å². The summed E-state index contributed by atoms with van der Waals surface area (Å²) in [5.41, 5.74) is 0.766. The third kappa shape index (κ3) is 3.54. The van der Waals surface area contributed by atoms with Crippen LogP contribution < -0.4 is 9.92 Å². The zero-order valence-electron chi connectivity index (χ0n) is 9.72. The van der Waals surface area contributed by atoms with Crippen LogP contribution in [0.1, 0.15) is 13.3 Å². The van der Waals surface area contributed by atoms with E-state index in [2.05, 4.69) is 32.2 Å². The van der Waals surface area contributed by atoms with E-state index in [0.29, 0.717) is 0 Å². The van der Waals surface area contributed by atoms with Gasteiger partial charge in [-0.25, -0.2) is 0 Å². The third-order valence-electron chi connectivity index (χ3n) is 2.44. The maximum Gasteiger partial charge on any atom is 0.119 e. The van der Waals surface area contributed by atoms with E-state index in [-0.39, 0.29) is 0 Å². The van der Waals surface area contributed by atoms with Crippen LogP contribution in [0.3, 0.4) is 0 Å². The fraction of sp³-hybridized carbons (Fsp3) is 0.500. The Balaban J connectivity index is 2.72. The maximum atomic E-state index is 5.98. The predicted octanol–water partition coefficient (Wildman–Crippen LogP) is 3.17. The van der Waals surface area contributed by atoms with Crippen molar-refractivity contribution in [2.24, 2.45) is 0 Å². The van der Waals surface area contributed by atoms with Gasteiger partial charge in [0.25, 0.3) is 0 Å². The minimum atomic E-state index is -1.40. The van der Waals surface area contributed by atoms with E-state index in [0.717, 1.165) is 24.3 Å². The molecular weight excluding hydrogens is 224 g/mol. The Hall–Kier alpha value is -0.473. The van der Waals surface area contributed by atoms with Crippen molar-refractivity contribution in [1.82, 2.24) is 0 Å². The van der Waals surface area contributed by atoms with E-state index in [9.17, 15) is 0 Å². The molecule has 0 radical (unpaired) electrons. The first-order valence-electron chi connectivity index (χ1n) is 5.39. The number of hydrogen-bond donors (Lipinski definition) is 0. The second-order valence-corrected chi connectivity index (χ2v) is 9.80. The van der Waals surface area contributed by atoms with Gasteiger partial charge in [-0.05, 0) is 18.6 Å². The van der Waals surface area contributed by atoms with Crippen molar-refractivity contribution in [2.45, 2.75) is 26.4 Å². The summed E-state index contributed by atoms with van der Waals surface area (Å²) in [5, 5.41) is 1.39. The number of alkyl halides is 1. The average Bonchev–Trinajstić information content (AvgIpc) is 2.27. The second kappa shape index (κ2) is 5.57. The van der Waals surface area contributed by atoms with E-state index in [1.165, 1.54) is 5.19 Å². The molecule has 0 saturated heterocycles. The molecule has 0 aliphatic rings. The quantitative estimate of drug-likeness (QED) is 0.569. The van der Waals surface area contributed by atoms with Gasteiger partial charge in [0.1, 0.15) is 5.75 Å². The first-order chi connectivity index (χ1) is 7.10. The number of benzene rings is 1. The fourth-order valence-electron chi connectivity index (χ4n) is 1.30. The van der Waals surface area contributed by atoms with Gasteiger partial charge in [-0.15, -0.1) is 11.6 Å². The molecule has 15 heavy (non-hydrogen) atoms. The molecule has 0 bridgehead atoms. The van der Waals surface area contributed by atoms with Crippen molar-refractivity contribution in [3.63, 3.8) is 0 Å². The van der Waals surface area contributed by atoms with Gasteiger partial charge in [0.2, 0.25) is 0 Å². The molecule has 1 aromatic rings. The summed E-state index contributed by atoms with van der Waals surface area (Å²) in [6, 6.07) is 8.40. The van der Waals surface area contributed by atoms with Crippen LogP contribution in [0.4, 0.5) is 0 Å². The van der Waals surface area contributed by atoms with Crippen molar-refractivity contribution >= 4 is 24.9 Å². The zero-order chi connectivity index (χ0) is 11.3. The summed E-state index contributed by atoms with van der Waals surface area (Å²) in [6.45, 7) is 7.46. The molecule has 1 aromatic carbocycles. The summed E-state index contributed by atoms with van der Waals surface area (Å²) < 4.78 is 5.54. The van der Waals surface area contributed by atoms with E-state index >= 15 is 0 Å². The van der Waals surface area contributed by atoms with Crippen LogP contribution in [0.15, 0.2) is 24.3 Å². The SMILES string of the molecule is CCCOc1ccc([Si](C)(C)CCl)cc1. The largest absolute Gasteiger partial charge is 0.494 e. The van der Waals surface area contributed by atoms with Gasteiger partial charge < -0.3 is 4.74 Å². The lowest BCUT2D eigenvalue weighted by atomic mass is 10.3. The Morgan fingerprint density at radius 3 is 2.27 bits per heavy atom. The monoisotopic (exact) mass is 242 g/mol. The summed E-state index contributed by atoms with van der Waals surface area (Å²) in [7, 11) is -1.40. The molecule has 0 aliphatic heterocycles. The molecule has 84 valence electrons. The van der Waals surface area contributed by atoms with Gasteiger partial charge in [-0.3, -0.25) is 0 Å². The average molecular weight is 243 g/mol. The molecule has 0 saturated carbocycles. The standard InChI is InChI=1S/C12H19ClOSi/c1-4-9-14-11-5-7-12(8-6-11)15(2,3)10-13/h5-8H,4,9-10H2,1-3H3. The molecule has 0 aliphatic carbocycles. The highest BCUT2D eigenvalue weighted by Gasteiger charge is 2.21. The van der Waals surface area contributed by atoms with E-state index in [1.54, 1.807) is 0 Å². The molecule has 0 heterocycles. The number of hydrogen-bond acceptors (Lipinski definition) is 1. The van der Waals surface area contributed by atoms with E-state index in [4.69, 9.17) is 16.3 Å². The van der Waals surface area contributed by atoms with Gasteiger partial charge in [0.15, 0.2) is 0 Å². The summed E-state index contributed by atoms with van der Waals surface area (Å²) in [4.78, 5) is 0. The van der Waals surface area contributed by atoms with Crippen LogP contribution in [-0.2, 0) is 0 Å². The van der Waals surface area contributed by atoms with Gasteiger partial charge in [0.05, 0.1) is 14.7 Å². The molecule has 0 atom stereocenters. The van der Waals surface area contributed by atoms with Crippen molar-refractivity contribution in [2.75, 3.05) is 12.1 Å². The smallest absolute Gasteiger partial charge is 0.119 e. The normalized spacial score (nSPS) is 11.5. The van der Waals surface area contributed by atoms with Crippen molar-refractivity contribution in [3.05, 3.63) is 24.3 Å². The van der Waals surface area contributed by atoms with Crippen molar-refractivity contribution < 1.29 is 4.74 Å². The second-order valence-electron chi connectivity index (χ2n) is 4.39. The zero-order valence-corrected chi connectivity index (χ0v) is 11.5. The molecule has 3 heteroatoms. The van der Waals surface area contributed by atoms with E-state index < -0.39 is 8.07 Å². The lowest BCUT2D eigenvalue weighted by Gasteiger charge is -2.19. The molecule has 0 unspecified atom stereocenters. The van der Waals surface area contributed by atoms with Gasteiger partial charge in [-0.1, -0.05) is 37.3 Å². The highest BCUT2D eigenvalue weighted by molar-refractivity contribution is 6.94. The minimum absolute atomic E-state index is 0.766. The third-order valence-corrected chi connectivity index (χ3v) is 7.01. The van der Waals surface area contributed by atoms with Crippen LogP contribution in [-0.4, -0.2) is 20.2 Å². The molecule has 0 spiro atoms. The maximum absolute atomic E-state index is 5.98. The molecular formula is C12H19ClOSi. The van der Waals surface area contributed by atoms with Crippen LogP contribution in [0.25, 0.3) is 0 Å². The van der Waals surface area contributed by atoms with Crippen LogP contribution in [0.2, 0.25) is 13.1 Å². The number of rotatable bonds is 5. The molecule has 0 fully saturated rings. The lowest BCUT2D eigenvalue weighted by molar-refractivity contribution is 0.317. The Labute approximate surface area is 98.4 Å². The minimum Gasteiger partial charge on any atom is -0.494 e. The summed E-state index contributed by atoms with van der Waals surface area (Å²) >= 11 is 5.98. The summed E-state index contributed by atoms with van der Waals surface area (Å²) in [5.74, 6) is 0.958. The van der Waals surface area contributed by atoms with Crippen molar-refractivity contribution in [1.29, 1.82) is 0 Å². The lowest BCUT2D eigenvalue weighted by Crippen LogP contribution is -2.43. The van der Waals surface area contributed by atoms with Gasteiger partial charge in [-0.2, -0.15) is 0 Å². The Bertz CT molecular complexity index is 295. The van der Waals surface area contributed by atoms with E-state index in [1.807, 2.05) is 12.1 Å².